The van der Waals surface area contributed by atoms with Gasteiger partial charge >= 0.3 is 0 Å². The number of ether oxygens (including phenoxy) is 2. The number of nitrogens with one attached hydrogen (secondary N) is 1. The third-order valence-electron chi connectivity index (χ3n) is 4.12. The van der Waals surface area contributed by atoms with Crippen molar-refractivity contribution in [3.8, 4) is 11.5 Å². The topological polar surface area (TPSA) is 84.9 Å². The molecule has 0 aromatic heterocycles. The molecule has 0 saturated carbocycles. The monoisotopic (exact) mass is 440 g/mol. The van der Waals surface area contributed by atoms with Crippen LogP contribution in [0.5, 0.6) is 11.5 Å². The summed E-state index contributed by atoms with van der Waals surface area (Å²) in [5.41, 5.74) is 0.707. The maximum Gasteiger partial charge on any atom is 0.248 e. The minimum absolute atomic E-state index is 0.201. The van der Waals surface area contributed by atoms with Crippen LogP contribution in [0.15, 0.2) is 42.5 Å². The van der Waals surface area contributed by atoms with Crippen LogP contribution in [-0.4, -0.2) is 40.3 Å². The second kappa shape index (κ2) is 9.84. The summed E-state index contributed by atoms with van der Waals surface area (Å²) in [6, 6.07) is 10.5. The lowest BCUT2D eigenvalue weighted by Crippen LogP contribution is -2.47. The smallest absolute Gasteiger partial charge is 0.248 e. The molecule has 9 heteroatoms. The second-order valence-corrected chi connectivity index (χ2v) is 8.54. The Labute approximate surface area is 176 Å². The minimum Gasteiger partial charge on any atom is -0.495 e. The Balaban J connectivity index is 2.43. The van der Waals surface area contributed by atoms with Gasteiger partial charge in [-0.15, -0.1) is 0 Å². The summed E-state index contributed by atoms with van der Waals surface area (Å²) in [6.45, 7) is 4.09. The van der Waals surface area contributed by atoms with E-state index in [0.29, 0.717) is 28.8 Å². The first-order chi connectivity index (χ1) is 13.7. The number of sulfonamides is 1. The number of hydrogen-bond donors (Lipinski definition) is 1. The molecule has 1 amide bonds. The Morgan fingerprint density at radius 2 is 1.93 bits per heavy atom. The molecule has 0 fully saturated rings. The number of amides is 1. The van der Waals surface area contributed by atoms with E-state index in [2.05, 4.69) is 5.32 Å². The number of anilines is 2. The number of halogens is 1. The van der Waals surface area contributed by atoms with Crippen molar-refractivity contribution in [1.29, 1.82) is 0 Å². The standard InChI is InChI=1S/C20H25ClN2O5S/c1-5-17(20(24)22-15-8-7-9-16(13-15)28-6-2)23(29(4,25)26)18-12-14(21)10-11-19(18)27-3/h7-13,17H,5-6H2,1-4H3,(H,22,24)/t17-/m0/s1. The first kappa shape index (κ1) is 22.8. The van der Waals surface area contributed by atoms with E-state index in [-0.39, 0.29) is 12.1 Å². The van der Waals surface area contributed by atoms with Gasteiger partial charge in [0.05, 0.1) is 25.7 Å². The maximum atomic E-state index is 13.0. The van der Waals surface area contributed by atoms with Crippen molar-refractivity contribution in [2.75, 3.05) is 29.6 Å². The molecule has 0 aliphatic heterocycles. The van der Waals surface area contributed by atoms with Gasteiger partial charge in [-0.1, -0.05) is 24.6 Å². The van der Waals surface area contributed by atoms with Crippen LogP contribution in [0.2, 0.25) is 5.02 Å². The number of rotatable bonds is 9. The van der Waals surface area contributed by atoms with Crippen molar-refractivity contribution in [2.45, 2.75) is 26.3 Å². The highest BCUT2D eigenvalue weighted by molar-refractivity contribution is 7.92. The molecule has 0 radical (unpaired) electrons. The molecule has 0 saturated heterocycles. The predicted octanol–water partition coefficient (Wildman–Crippen LogP) is 3.93. The highest BCUT2D eigenvalue weighted by Crippen LogP contribution is 2.35. The second-order valence-electron chi connectivity index (χ2n) is 6.25. The van der Waals surface area contributed by atoms with Crippen molar-refractivity contribution >= 4 is 38.9 Å². The molecule has 0 aliphatic carbocycles. The molecule has 0 bridgehead atoms. The normalized spacial score (nSPS) is 12.2. The molecule has 7 nitrogen and oxygen atoms in total. The van der Waals surface area contributed by atoms with E-state index in [1.54, 1.807) is 43.3 Å². The van der Waals surface area contributed by atoms with Crippen molar-refractivity contribution in [2.24, 2.45) is 0 Å². The van der Waals surface area contributed by atoms with E-state index in [0.717, 1.165) is 10.6 Å². The highest BCUT2D eigenvalue weighted by Gasteiger charge is 2.33. The van der Waals surface area contributed by atoms with Gasteiger partial charge in [-0.2, -0.15) is 0 Å². The fourth-order valence-corrected chi connectivity index (χ4v) is 4.30. The van der Waals surface area contributed by atoms with E-state index in [1.165, 1.54) is 13.2 Å². The summed E-state index contributed by atoms with van der Waals surface area (Å²) < 4.78 is 37.1. The summed E-state index contributed by atoms with van der Waals surface area (Å²) in [5, 5.41) is 3.10. The average Bonchev–Trinajstić information content (AvgIpc) is 2.65. The molecular weight excluding hydrogens is 416 g/mol. The van der Waals surface area contributed by atoms with Crippen molar-refractivity contribution in [1.82, 2.24) is 0 Å². The van der Waals surface area contributed by atoms with Crippen LogP contribution >= 0.6 is 11.6 Å². The highest BCUT2D eigenvalue weighted by atomic mass is 35.5. The summed E-state index contributed by atoms with van der Waals surface area (Å²) >= 11 is 6.08. The van der Waals surface area contributed by atoms with E-state index in [9.17, 15) is 13.2 Å². The lowest BCUT2D eigenvalue weighted by Gasteiger charge is -2.31. The van der Waals surface area contributed by atoms with Crippen LogP contribution in [0.1, 0.15) is 20.3 Å². The van der Waals surface area contributed by atoms with Crippen LogP contribution in [0, 0.1) is 0 Å². The van der Waals surface area contributed by atoms with Gasteiger partial charge in [0, 0.05) is 16.8 Å². The zero-order chi connectivity index (χ0) is 21.6. The lowest BCUT2D eigenvalue weighted by molar-refractivity contribution is -0.117. The lowest BCUT2D eigenvalue weighted by atomic mass is 10.1. The quantitative estimate of drug-likeness (QED) is 0.638. The maximum absolute atomic E-state index is 13.0. The summed E-state index contributed by atoms with van der Waals surface area (Å²) in [4.78, 5) is 13.0. The number of methoxy groups -OCH3 is 1. The predicted molar refractivity (Wildman–Crippen MR) is 116 cm³/mol. The van der Waals surface area contributed by atoms with Crippen LogP contribution in [0.25, 0.3) is 0 Å². The molecular formula is C20H25ClN2O5S. The van der Waals surface area contributed by atoms with E-state index in [4.69, 9.17) is 21.1 Å². The zero-order valence-electron chi connectivity index (χ0n) is 16.8. The number of hydrogen-bond acceptors (Lipinski definition) is 5. The van der Waals surface area contributed by atoms with E-state index >= 15 is 0 Å². The summed E-state index contributed by atoms with van der Waals surface area (Å²) in [5.74, 6) is 0.424. The van der Waals surface area contributed by atoms with Gasteiger partial charge in [0.15, 0.2) is 0 Å². The minimum atomic E-state index is -3.82. The Morgan fingerprint density at radius 1 is 1.21 bits per heavy atom. The molecule has 0 aliphatic rings. The zero-order valence-corrected chi connectivity index (χ0v) is 18.4. The van der Waals surface area contributed by atoms with Crippen molar-refractivity contribution < 1.29 is 22.7 Å². The molecule has 0 heterocycles. The van der Waals surface area contributed by atoms with Crippen LogP contribution in [0.3, 0.4) is 0 Å². The Hall–Kier alpha value is -2.45. The van der Waals surface area contributed by atoms with Crippen LogP contribution in [0.4, 0.5) is 11.4 Å². The number of carbonyl (C=O) groups is 1. The Kier molecular flexibility index (Phi) is 7.75. The first-order valence-corrected chi connectivity index (χ1v) is 11.3. The fourth-order valence-electron chi connectivity index (χ4n) is 2.93. The molecule has 0 unspecified atom stereocenters. The van der Waals surface area contributed by atoms with Gasteiger partial charge in [-0.25, -0.2) is 8.42 Å². The molecule has 0 spiro atoms. The first-order valence-electron chi connectivity index (χ1n) is 9.07. The fraction of sp³-hybridized carbons (Fsp3) is 0.350. The van der Waals surface area contributed by atoms with Crippen LogP contribution in [-0.2, 0) is 14.8 Å². The third-order valence-corrected chi connectivity index (χ3v) is 5.52. The van der Waals surface area contributed by atoms with Gasteiger partial charge < -0.3 is 14.8 Å². The molecule has 2 aromatic rings. The summed E-state index contributed by atoms with van der Waals surface area (Å²) in [7, 11) is -2.40. The van der Waals surface area contributed by atoms with Gasteiger partial charge in [-0.3, -0.25) is 9.10 Å². The van der Waals surface area contributed by atoms with Gasteiger partial charge in [0.2, 0.25) is 15.9 Å². The number of benzene rings is 2. The Bertz CT molecular complexity index is 965. The molecule has 158 valence electrons. The molecule has 2 aromatic carbocycles. The Morgan fingerprint density at radius 3 is 2.52 bits per heavy atom. The number of nitrogens with zero attached hydrogens (tertiary/aromatic N) is 1. The molecule has 1 N–H and O–H groups in total. The third kappa shape index (κ3) is 5.77. The summed E-state index contributed by atoms with van der Waals surface area (Å²) in [6.07, 6.45) is 1.28. The number of carbonyl (C=O) groups excluding carboxylic acids is 1. The SMILES string of the molecule is CCOc1cccc(NC(=O)[C@H](CC)N(c2cc(Cl)ccc2OC)S(C)(=O)=O)c1. The van der Waals surface area contributed by atoms with Crippen molar-refractivity contribution in [3.05, 3.63) is 47.5 Å². The molecule has 1 atom stereocenters. The van der Waals surface area contributed by atoms with E-state index < -0.39 is 22.0 Å². The van der Waals surface area contributed by atoms with Gasteiger partial charge in [-0.05, 0) is 43.7 Å². The molecule has 29 heavy (non-hydrogen) atoms. The van der Waals surface area contributed by atoms with Crippen LogP contribution < -0.4 is 19.1 Å². The van der Waals surface area contributed by atoms with Gasteiger partial charge in [0.1, 0.15) is 17.5 Å². The van der Waals surface area contributed by atoms with E-state index in [1.807, 2.05) is 6.92 Å². The van der Waals surface area contributed by atoms with Gasteiger partial charge in [0.25, 0.3) is 0 Å². The largest absolute Gasteiger partial charge is 0.495 e. The van der Waals surface area contributed by atoms with Crippen molar-refractivity contribution in [3.63, 3.8) is 0 Å². The molecule has 2 rings (SSSR count). The average molecular weight is 441 g/mol.